The normalized spacial score (nSPS) is 26.2. The fourth-order valence-electron chi connectivity index (χ4n) is 2.89. The molecule has 104 valence electrons. The highest BCUT2D eigenvalue weighted by atomic mass is 32.1. The third-order valence-electron chi connectivity index (χ3n) is 4.00. The molecule has 2 N–H and O–H groups in total. The molecule has 0 bridgehead atoms. The van der Waals surface area contributed by atoms with Crippen LogP contribution < -0.4 is 10.6 Å². The lowest BCUT2D eigenvalue weighted by atomic mass is 9.99. The molecule has 0 aromatic carbocycles. The van der Waals surface area contributed by atoms with Crippen molar-refractivity contribution in [2.45, 2.75) is 37.8 Å². The van der Waals surface area contributed by atoms with Crippen LogP contribution in [0.1, 0.15) is 33.0 Å². The van der Waals surface area contributed by atoms with Gasteiger partial charge in [0.25, 0.3) is 5.91 Å². The molecule has 0 radical (unpaired) electrons. The second-order valence-corrected chi connectivity index (χ2v) is 6.42. The number of carbonyl (C=O) groups excluding carboxylic acids is 1. The molecule has 19 heavy (non-hydrogen) atoms. The van der Waals surface area contributed by atoms with Crippen LogP contribution in [0.15, 0.2) is 6.07 Å². The van der Waals surface area contributed by atoms with Crippen molar-refractivity contribution in [1.82, 2.24) is 10.6 Å². The summed E-state index contributed by atoms with van der Waals surface area (Å²) in [6, 6.07) is 2.16. The Hall–Kier alpha value is -0.910. The van der Waals surface area contributed by atoms with E-state index in [1.54, 1.807) is 18.4 Å². The minimum absolute atomic E-state index is 0.0511. The van der Waals surface area contributed by atoms with E-state index in [1.807, 2.05) is 0 Å². The highest BCUT2D eigenvalue weighted by molar-refractivity contribution is 7.14. The number of carbonyl (C=O) groups is 1. The van der Waals surface area contributed by atoms with Crippen LogP contribution in [-0.2, 0) is 17.6 Å². The standard InChI is InChI=1S/C14H20N2O2S/c1-18-11-8-15-7-10(11)16-14(17)13-6-9-4-2-3-5-12(9)19-13/h6,10-11,15H,2-5,7-8H2,1H3,(H,16,17)/t10?,11-/m0/s1. The Kier molecular flexibility index (Phi) is 3.86. The molecule has 1 aliphatic heterocycles. The van der Waals surface area contributed by atoms with Crippen LogP contribution in [0.25, 0.3) is 0 Å². The number of amides is 1. The molecule has 0 spiro atoms. The van der Waals surface area contributed by atoms with Gasteiger partial charge in [-0.3, -0.25) is 4.79 Å². The number of rotatable bonds is 3. The Labute approximate surface area is 117 Å². The van der Waals surface area contributed by atoms with Crippen molar-refractivity contribution >= 4 is 17.2 Å². The summed E-state index contributed by atoms with van der Waals surface area (Å²) in [6.45, 7) is 1.59. The van der Waals surface area contributed by atoms with Crippen LogP contribution in [0.5, 0.6) is 0 Å². The molecular weight excluding hydrogens is 260 g/mol. The van der Waals surface area contributed by atoms with E-state index < -0.39 is 0 Å². The zero-order valence-electron chi connectivity index (χ0n) is 11.2. The molecule has 2 aliphatic rings. The molecule has 1 aromatic rings. The lowest BCUT2D eigenvalue weighted by molar-refractivity contribution is 0.0782. The number of hydrogen-bond acceptors (Lipinski definition) is 4. The zero-order chi connectivity index (χ0) is 13.2. The van der Waals surface area contributed by atoms with Gasteiger partial charge in [-0.1, -0.05) is 0 Å². The van der Waals surface area contributed by atoms with E-state index in [0.29, 0.717) is 0 Å². The van der Waals surface area contributed by atoms with Gasteiger partial charge in [0.2, 0.25) is 0 Å². The molecule has 2 heterocycles. The van der Waals surface area contributed by atoms with E-state index in [2.05, 4.69) is 16.7 Å². The Bertz CT molecular complexity index is 449. The first-order valence-corrected chi connectivity index (χ1v) is 7.75. The van der Waals surface area contributed by atoms with E-state index in [4.69, 9.17) is 4.74 Å². The molecule has 5 heteroatoms. The zero-order valence-corrected chi connectivity index (χ0v) is 12.0. The number of ether oxygens (including phenoxy) is 1. The SMILES string of the molecule is CO[C@H]1CNCC1NC(=O)c1cc2c(s1)CCCC2. The first-order chi connectivity index (χ1) is 9.28. The second kappa shape index (κ2) is 5.61. The summed E-state index contributed by atoms with van der Waals surface area (Å²) in [7, 11) is 1.70. The van der Waals surface area contributed by atoms with Crippen molar-refractivity contribution in [3.05, 3.63) is 21.4 Å². The molecule has 0 saturated carbocycles. The summed E-state index contributed by atoms with van der Waals surface area (Å²) in [5.41, 5.74) is 1.38. The summed E-state index contributed by atoms with van der Waals surface area (Å²) in [6.07, 6.45) is 4.86. The molecule has 1 saturated heterocycles. The van der Waals surface area contributed by atoms with Crippen molar-refractivity contribution < 1.29 is 9.53 Å². The minimum Gasteiger partial charge on any atom is -0.378 e. The lowest BCUT2D eigenvalue weighted by Gasteiger charge is -2.17. The van der Waals surface area contributed by atoms with E-state index >= 15 is 0 Å². The molecule has 3 rings (SSSR count). The first-order valence-electron chi connectivity index (χ1n) is 6.94. The van der Waals surface area contributed by atoms with Crippen molar-refractivity contribution in [3.63, 3.8) is 0 Å². The van der Waals surface area contributed by atoms with Crippen LogP contribution in [0, 0.1) is 0 Å². The topological polar surface area (TPSA) is 50.4 Å². The molecule has 1 amide bonds. The molecule has 4 nitrogen and oxygen atoms in total. The maximum atomic E-state index is 12.3. The molecule has 1 unspecified atom stereocenters. The molecular formula is C14H20N2O2S. The van der Waals surface area contributed by atoms with E-state index in [-0.39, 0.29) is 18.1 Å². The molecule has 1 aromatic heterocycles. The fraction of sp³-hybridized carbons (Fsp3) is 0.643. The third-order valence-corrected chi connectivity index (χ3v) is 5.23. The summed E-state index contributed by atoms with van der Waals surface area (Å²) >= 11 is 1.66. The average Bonchev–Trinajstić information content (AvgIpc) is 3.03. The summed E-state index contributed by atoms with van der Waals surface area (Å²) in [5, 5.41) is 6.33. The summed E-state index contributed by atoms with van der Waals surface area (Å²) in [4.78, 5) is 14.6. The fourth-order valence-corrected chi connectivity index (χ4v) is 4.05. The monoisotopic (exact) mass is 280 g/mol. The molecule has 1 aliphatic carbocycles. The smallest absolute Gasteiger partial charge is 0.261 e. The number of thiophene rings is 1. The van der Waals surface area contributed by atoms with Gasteiger partial charge in [-0.05, 0) is 37.3 Å². The van der Waals surface area contributed by atoms with Gasteiger partial charge >= 0.3 is 0 Å². The highest BCUT2D eigenvalue weighted by Crippen LogP contribution is 2.29. The number of nitrogens with one attached hydrogen (secondary N) is 2. The Morgan fingerprint density at radius 3 is 3.05 bits per heavy atom. The largest absolute Gasteiger partial charge is 0.378 e. The van der Waals surface area contributed by atoms with Gasteiger partial charge in [-0.2, -0.15) is 0 Å². The Morgan fingerprint density at radius 2 is 2.26 bits per heavy atom. The van der Waals surface area contributed by atoms with Gasteiger partial charge < -0.3 is 15.4 Å². The molecule has 1 fully saturated rings. The van der Waals surface area contributed by atoms with Crippen LogP contribution in [0.2, 0.25) is 0 Å². The number of hydrogen-bond donors (Lipinski definition) is 2. The van der Waals surface area contributed by atoms with Crippen molar-refractivity contribution in [2.24, 2.45) is 0 Å². The maximum absolute atomic E-state index is 12.3. The summed E-state index contributed by atoms with van der Waals surface area (Å²) in [5.74, 6) is 0.0511. The minimum atomic E-state index is 0.0511. The maximum Gasteiger partial charge on any atom is 0.261 e. The number of aryl methyl sites for hydroxylation is 2. The van der Waals surface area contributed by atoms with Crippen LogP contribution in [0.3, 0.4) is 0 Å². The molecule has 2 atom stereocenters. The average molecular weight is 280 g/mol. The van der Waals surface area contributed by atoms with Gasteiger partial charge in [0, 0.05) is 25.1 Å². The van der Waals surface area contributed by atoms with Gasteiger partial charge in [0.1, 0.15) is 0 Å². The van der Waals surface area contributed by atoms with Gasteiger partial charge in [0.05, 0.1) is 17.0 Å². The van der Waals surface area contributed by atoms with E-state index in [9.17, 15) is 4.79 Å². The van der Waals surface area contributed by atoms with Crippen molar-refractivity contribution in [1.29, 1.82) is 0 Å². The third kappa shape index (κ3) is 2.68. The second-order valence-electron chi connectivity index (χ2n) is 5.28. The van der Waals surface area contributed by atoms with E-state index in [0.717, 1.165) is 30.8 Å². The van der Waals surface area contributed by atoms with Gasteiger partial charge in [-0.25, -0.2) is 0 Å². The predicted molar refractivity (Wildman–Crippen MR) is 75.9 cm³/mol. The van der Waals surface area contributed by atoms with Gasteiger partial charge in [-0.15, -0.1) is 11.3 Å². The Morgan fingerprint density at radius 1 is 1.42 bits per heavy atom. The van der Waals surface area contributed by atoms with Crippen LogP contribution >= 0.6 is 11.3 Å². The quantitative estimate of drug-likeness (QED) is 0.878. The lowest BCUT2D eigenvalue weighted by Crippen LogP contribution is -2.43. The number of methoxy groups -OCH3 is 1. The van der Waals surface area contributed by atoms with Crippen molar-refractivity contribution in [2.75, 3.05) is 20.2 Å². The van der Waals surface area contributed by atoms with Gasteiger partial charge in [0.15, 0.2) is 0 Å². The van der Waals surface area contributed by atoms with Crippen molar-refractivity contribution in [3.8, 4) is 0 Å². The Balaban J connectivity index is 1.68. The van der Waals surface area contributed by atoms with E-state index in [1.165, 1.54) is 23.3 Å². The highest BCUT2D eigenvalue weighted by Gasteiger charge is 2.29. The number of fused-ring (bicyclic) bond motifs is 1. The van der Waals surface area contributed by atoms with Crippen LogP contribution in [-0.4, -0.2) is 38.3 Å². The van der Waals surface area contributed by atoms with Crippen LogP contribution in [0.4, 0.5) is 0 Å². The summed E-state index contributed by atoms with van der Waals surface area (Å²) < 4.78 is 5.37. The predicted octanol–water partition coefficient (Wildman–Crippen LogP) is 1.34. The first kappa shape index (κ1) is 13.1.